The first-order chi connectivity index (χ1) is 7.13. The van der Waals surface area contributed by atoms with Crippen LogP contribution in [-0.2, 0) is 4.79 Å². The molecule has 0 aliphatic rings. The molecule has 1 unspecified atom stereocenters. The van der Waals surface area contributed by atoms with E-state index >= 15 is 0 Å². The molecule has 0 amide bonds. The van der Waals surface area contributed by atoms with Gasteiger partial charge in [-0.15, -0.1) is 0 Å². The zero-order valence-electron chi connectivity index (χ0n) is 10.1. The third-order valence-electron chi connectivity index (χ3n) is 2.92. The molecular weight excluding hydrogens is 188 g/mol. The van der Waals surface area contributed by atoms with Gasteiger partial charge in [0, 0.05) is 5.57 Å². The SMILES string of the molecule is C=C(C(=O)O)C(CC)CCCCCCC. The van der Waals surface area contributed by atoms with Crippen LogP contribution in [0.5, 0.6) is 0 Å². The minimum Gasteiger partial charge on any atom is -0.478 e. The van der Waals surface area contributed by atoms with E-state index in [2.05, 4.69) is 13.5 Å². The summed E-state index contributed by atoms with van der Waals surface area (Å²) in [6.07, 6.45) is 8.02. The van der Waals surface area contributed by atoms with Crippen LogP contribution in [0.2, 0.25) is 0 Å². The van der Waals surface area contributed by atoms with Gasteiger partial charge in [-0.1, -0.05) is 52.5 Å². The molecule has 88 valence electrons. The minimum atomic E-state index is -0.838. The number of unbranched alkanes of at least 4 members (excludes halogenated alkanes) is 4. The number of aliphatic carboxylic acids is 1. The highest BCUT2D eigenvalue weighted by molar-refractivity contribution is 5.86. The van der Waals surface area contributed by atoms with Gasteiger partial charge >= 0.3 is 5.97 Å². The second kappa shape index (κ2) is 8.51. The van der Waals surface area contributed by atoms with Crippen LogP contribution in [-0.4, -0.2) is 11.1 Å². The molecule has 0 saturated heterocycles. The van der Waals surface area contributed by atoms with Crippen molar-refractivity contribution in [1.29, 1.82) is 0 Å². The fraction of sp³-hybridized carbons (Fsp3) is 0.769. The topological polar surface area (TPSA) is 37.3 Å². The first-order valence-corrected chi connectivity index (χ1v) is 6.05. The fourth-order valence-electron chi connectivity index (χ4n) is 1.79. The Balaban J connectivity index is 3.71. The summed E-state index contributed by atoms with van der Waals surface area (Å²) in [6.45, 7) is 7.87. The van der Waals surface area contributed by atoms with E-state index in [4.69, 9.17) is 5.11 Å². The smallest absolute Gasteiger partial charge is 0.331 e. The summed E-state index contributed by atoms with van der Waals surface area (Å²) >= 11 is 0. The van der Waals surface area contributed by atoms with Gasteiger partial charge in [0.05, 0.1) is 0 Å². The van der Waals surface area contributed by atoms with Crippen molar-refractivity contribution < 1.29 is 9.90 Å². The lowest BCUT2D eigenvalue weighted by atomic mass is 9.91. The molecule has 1 N–H and O–H groups in total. The van der Waals surface area contributed by atoms with Gasteiger partial charge in [0.2, 0.25) is 0 Å². The molecule has 0 rings (SSSR count). The highest BCUT2D eigenvalue weighted by Gasteiger charge is 2.15. The summed E-state index contributed by atoms with van der Waals surface area (Å²) in [5.41, 5.74) is 0.382. The van der Waals surface area contributed by atoms with Gasteiger partial charge in [-0.05, 0) is 18.8 Å². The first kappa shape index (κ1) is 14.2. The Bertz CT molecular complexity index is 197. The lowest BCUT2D eigenvalue weighted by Crippen LogP contribution is -2.10. The maximum Gasteiger partial charge on any atom is 0.331 e. The van der Waals surface area contributed by atoms with Crippen LogP contribution in [0, 0.1) is 5.92 Å². The molecule has 0 aliphatic carbocycles. The highest BCUT2D eigenvalue weighted by Crippen LogP contribution is 2.21. The molecule has 0 aliphatic heterocycles. The lowest BCUT2D eigenvalue weighted by molar-refractivity contribution is -0.133. The van der Waals surface area contributed by atoms with Crippen molar-refractivity contribution >= 4 is 5.97 Å². The predicted molar refractivity (Wildman–Crippen MR) is 63.9 cm³/mol. The van der Waals surface area contributed by atoms with Crippen molar-refractivity contribution in [3.63, 3.8) is 0 Å². The largest absolute Gasteiger partial charge is 0.478 e. The van der Waals surface area contributed by atoms with E-state index in [1.807, 2.05) is 6.92 Å². The second-order valence-electron chi connectivity index (χ2n) is 4.14. The van der Waals surface area contributed by atoms with Crippen molar-refractivity contribution in [1.82, 2.24) is 0 Å². The van der Waals surface area contributed by atoms with Crippen molar-refractivity contribution in [2.24, 2.45) is 5.92 Å². The third-order valence-corrected chi connectivity index (χ3v) is 2.92. The van der Waals surface area contributed by atoms with Gasteiger partial charge in [-0.3, -0.25) is 0 Å². The number of carbonyl (C=O) groups is 1. The van der Waals surface area contributed by atoms with E-state index in [0.717, 1.165) is 19.3 Å². The molecule has 0 aromatic heterocycles. The van der Waals surface area contributed by atoms with Gasteiger partial charge in [0.15, 0.2) is 0 Å². The monoisotopic (exact) mass is 212 g/mol. The molecule has 0 fully saturated rings. The van der Waals surface area contributed by atoms with Crippen molar-refractivity contribution in [2.75, 3.05) is 0 Å². The summed E-state index contributed by atoms with van der Waals surface area (Å²) in [6, 6.07) is 0. The Labute approximate surface area is 93.4 Å². The number of rotatable bonds is 9. The standard InChI is InChI=1S/C13H24O2/c1-4-6-7-8-9-10-12(5-2)11(3)13(14)15/h12H,3-10H2,1-2H3,(H,14,15). The van der Waals surface area contributed by atoms with Crippen LogP contribution in [0.15, 0.2) is 12.2 Å². The van der Waals surface area contributed by atoms with E-state index in [1.54, 1.807) is 0 Å². The number of carboxylic acids is 1. The molecule has 0 aromatic rings. The van der Waals surface area contributed by atoms with E-state index in [9.17, 15) is 4.79 Å². The zero-order chi connectivity index (χ0) is 11.7. The fourth-order valence-corrected chi connectivity index (χ4v) is 1.79. The summed E-state index contributed by atoms with van der Waals surface area (Å²) in [7, 11) is 0. The van der Waals surface area contributed by atoms with Crippen molar-refractivity contribution in [3.8, 4) is 0 Å². The normalized spacial score (nSPS) is 12.4. The zero-order valence-corrected chi connectivity index (χ0v) is 10.1. The number of hydrogen-bond donors (Lipinski definition) is 1. The molecule has 0 heterocycles. The number of carboxylic acid groups (broad SMARTS) is 1. The first-order valence-electron chi connectivity index (χ1n) is 6.05. The van der Waals surface area contributed by atoms with Gasteiger partial charge in [0.1, 0.15) is 0 Å². The van der Waals surface area contributed by atoms with Crippen LogP contribution in [0.25, 0.3) is 0 Å². The van der Waals surface area contributed by atoms with Crippen LogP contribution >= 0.6 is 0 Å². The Kier molecular flexibility index (Phi) is 8.06. The van der Waals surface area contributed by atoms with Crippen LogP contribution in [0.3, 0.4) is 0 Å². The Morgan fingerprint density at radius 3 is 2.27 bits per heavy atom. The van der Waals surface area contributed by atoms with Crippen LogP contribution in [0.1, 0.15) is 58.8 Å². The molecular formula is C13H24O2. The molecule has 0 aromatic carbocycles. The average Bonchev–Trinajstić information content (AvgIpc) is 2.22. The average molecular weight is 212 g/mol. The summed E-state index contributed by atoms with van der Waals surface area (Å²) in [4.78, 5) is 10.7. The van der Waals surface area contributed by atoms with Crippen molar-refractivity contribution in [3.05, 3.63) is 12.2 Å². The second-order valence-corrected chi connectivity index (χ2v) is 4.14. The molecule has 0 saturated carbocycles. The highest BCUT2D eigenvalue weighted by atomic mass is 16.4. The molecule has 0 spiro atoms. The minimum absolute atomic E-state index is 0.170. The van der Waals surface area contributed by atoms with Gasteiger partial charge in [-0.25, -0.2) is 4.79 Å². The summed E-state index contributed by atoms with van der Waals surface area (Å²) < 4.78 is 0. The Hall–Kier alpha value is -0.790. The third kappa shape index (κ3) is 6.32. The summed E-state index contributed by atoms with van der Waals surface area (Å²) in [5, 5.41) is 8.82. The van der Waals surface area contributed by atoms with Crippen molar-refractivity contribution in [2.45, 2.75) is 58.8 Å². The van der Waals surface area contributed by atoms with Crippen LogP contribution in [0.4, 0.5) is 0 Å². The van der Waals surface area contributed by atoms with E-state index in [1.165, 1.54) is 25.7 Å². The Morgan fingerprint density at radius 1 is 1.20 bits per heavy atom. The van der Waals surface area contributed by atoms with Crippen LogP contribution < -0.4 is 0 Å². The predicted octanol–water partition coefficient (Wildman–Crippen LogP) is 4.01. The molecule has 0 radical (unpaired) electrons. The molecule has 1 atom stereocenters. The van der Waals surface area contributed by atoms with E-state index in [0.29, 0.717) is 5.57 Å². The van der Waals surface area contributed by atoms with E-state index in [-0.39, 0.29) is 5.92 Å². The molecule has 2 nitrogen and oxygen atoms in total. The molecule has 15 heavy (non-hydrogen) atoms. The van der Waals surface area contributed by atoms with E-state index < -0.39 is 5.97 Å². The summed E-state index contributed by atoms with van der Waals surface area (Å²) in [5.74, 6) is -0.667. The quantitative estimate of drug-likeness (QED) is 0.463. The maximum atomic E-state index is 10.7. The lowest BCUT2D eigenvalue weighted by Gasteiger charge is -2.14. The maximum absolute atomic E-state index is 10.7. The molecule has 0 bridgehead atoms. The van der Waals surface area contributed by atoms with Gasteiger partial charge < -0.3 is 5.11 Å². The Morgan fingerprint density at radius 2 is 1.80 bits per heavy atom. The van der Waals surface area contributed by atoms with Gasteiger partial charge in [-0.2, -0.15) is 0 Å². The van der Waals surface area contributed by atoms with Gasteiger partial charge in [0.25, 0.3) is 0 Å². The number of hydrogen-bond acceptors (Lipinski definition) is 1. The molecule has 2 heteroatoms.